The molecule has 0 bridgehead atoms. The van der Waals surface area contributed by atoms with E-state index in [1.54, 1.807) is 0 Å². The van der Waals surface area contributed by atoms with Crippen LogP contribution in [0.4, 0.5) is 0 Å². The molecule has 0 radical (unpaired) electrons. The number of fused-ring (bicyclic) bond motifs is 1. The third-order valence-electron chi connectivity index (χ3n) is 4.53. The summed E-state index contributed by atoms with van der Waals surface area (Å²) in [4.78, 5) is 19.3. The molecule has 3 aromatic rings. The molecule has 5 nitrogen and oxygen atoms in total. The fraction of sp³-hybridized carbons (Fsp3) is 0.368. The van der Waals surface area contributed by atoms with Crippen molar-refractivity contribution >= 4 is 28.5 Å². The monoisotopic (exact) mass is 358 g/mol. The first kappa shape index (κ1) is 17.5. The van der Waals surface area contributed by atoms with Crippen molar-refractivity contribution in [1.29, 1.82) is 0 Å². The van der Waals surface area contributed by atoms with Crippen LogP contribution >= 0.6 is 11.6 Å². The van der Waals surface area contributed by atoms with Gasteiger partial charge in [-0.05, 0) is 62.7 Å². The molecule has 0 spiro atoms. The summed E-state index contributed by atoms with van der Waals surface area (Å²) < 4.78 is 3.96. The maximum atomic E-state index is 13.1. The van der Waals surface area contributed by atoms with Crippen molar-refractivity contribution in [2.24, 2.45) is 7.05 Å². The molecule has 1 aromatic carbocycles. The summed E-state index contributed by atoms with van der Waals surface area (Å²) >= 11 is 6.18. The lowest BCUT2D eigenvalue weighted by Crippen LogP contribution is -2.36. The number of imidazole rings is 1. The van der Waals surface area contributed by atoms with E-state index in [9.17, 15) is 4.79 Å². The summed E-state index contributed by atoms with van der Waals surface area (Å²) in [6.07, 6.45) is 1.99. The topological polar surface area (TPSA) is 43.1 Å². The minimum atomic E-state index is 0.000251. The minimum absolute atomic E-state index is 0.000251. The largest absolute Gasteiger partial charge is 0.353 e. The molecule has 3 rings (SSSR count). The number of hydrogen-bond acceptors (Lipinski definition) is 2. The maximum absolute atomic E-state index is 13.1. The highest BCUT2D eigenvalue weighted by molar-refractivity contribution is 6.29. The van der Waals surface area contributed by atoms with Gasteiger partial charge >= 0.3 is 0 Å². The molecule has 1 amide bonds. The Balaban J connectivity index is 1.94. The number of halogens is 1. The Hall–Kier alpha value is -2.27. The highest BCUT2D eigenvalue weighted by Gasteiger charge is 2.21. The highest BCUT2D eigenvalue weighted by atomic mass is 35.5. The van der Waals surface area contributed by atoms with Crippen molar-refractivity contribution in [3.05, 3.63) is 53.1 Å². The average molecular weight is 359 g/mol. The first-order chi connectivity index (χ1) is 11.9. The number of rotatable bonds is 5. The van der Waals surface area contributed by atoms with Gasteiger partial charge in [-0.2, -0.15) is 0 Å². The molecule has 0 aliphatic heterocycles. The summed E-state index contributed by atoms with van der Waals surface area (Å²) in [5.41, 5.74) is 3.43. The van der Waals surface area contributed by atoms with Gasteiger partial charge in [0, 0.05) is 37.1 Å². The van der Waals surface area contributed by atoms with Gasteiger partial charge in [0.15, 0.2) is 0 Å². The SMILES string of the molecule is CCn1c(Cl)nc2cc(C(=O)N(Cc3cccn3C)C(C)C)ccc21. The van der Waals surface area contributed by atoms with E-state index in [0.29, 0.717) is 17.4 Å². The van der Waals surface area contributed by atoms with E-state index in [4.69, 9.17) is 11.6 Å². The Morgan fingerprint density at radius 3 is 2.68 bits per heavy atom. The quantitative estimate of drug-likeness (QED) is 0.689. The van der Waals surface area contributed by atoms with Crippen molar-refractivity contribution in [2.45, 2.75) is 39.9 Å². The van der Waals surface area contributed by atoms with Crippen molar-refractivity contribution in [3.63, 3.8) is 0 Å². The zero-order valence-corrected chi connectivity index (χ0v) is 15.8. The molecule has 0 fully saturated rings. The summed E-state index contributed by atoms with van der Waals surface area (Å²) in [7, 11) is 1.99. The van der Waals surface area contributed by atoms with Gasteiger partial charge in [0.1, 0.15) is 0 Å². The van der Waals surface area contributed by atoms with Crippen molar-refractivity contribution in [2.75, 3.05) is 0 Å². The second-order valence-electron chi connectivity index (χ2n) is 6.47. The van der Waals surface area contributed by atoms with Crippen LogP contribution < -0.4 is 0 Å². The first-order valence-corrected chi connectivity index (χ1v) is 8.87. The normalized spacial score (nSPS) is 11.4. The molecule has 2 heterocycles. The molecule has 0 atom stereocenters. The average Bonchev–Trinajstić information content (AvgIpc) is 3.12. The van der Waals surface area contributed by atoms with Crippen LogP contribution in [-0.2, 0) is 20.1 Å². The Morgan fingerprint density at radius 2 is 2.08 bits per heavy atom. The maximum Gasteiger partial charge on any atom is 0.254 e. The second kappa shape index (κ2) is 6.92. The van der Waals surface area contributed by atoms with Crippen LogP contribution in [0.1, 0.15) is 36.8 Å². The number of benzene rings is 1. The van der Waals surface area contributed by atoms with Gasteiger partial charge < -0.3 is 14.0 Å². The smallest absolute Gasteiger partial charge is 0.254 e. The molecule has 0 aliphatic carbocycles. The van der Waals surface area contributed by atoms with Crippen molar-refractivity contribution < 1.29 is 4.79 Å². The van der Waals surface area contributed by atoms with Crippen LogP contribution in [0.25, 0.3) is 11.0 Å². The molecular formula is C19H23ClN4O. The highest BCUT2D eigenvalue weighted by Crippen LogP contribution is 2.22. The van der Waals surface area contributed by atoms with Crippen LogP contribution in [0.5, 0.6) is 0 Å². The van der Waals surface area contributed by atoms with E-state index >= 15 is 0 Å². The van der Waals surface area contributed by atoms with Crippen molar-refractivity contribution in [1.82, 2.24) is 19.0 Å². The van der Waals surface area contributed by atoms with Crippen LogP contribution in [0.2, 0.25) is 5.28 Å². The molecule has 2 aromatic heterocycles. The Morgan fingerprint density at radius 1 is 1.32 bits per heavy atom. The molecule has 25 heavy (non-hydrogen) atoms. The van der Waals surface area contributed by atoms with Gasteiger partial charge in [-0.1, -0.05) is 0 Å². The van der Waals surface area contributed by atoms with Gasteiger partial charge in [0.05, 0.1) is 17.6 Å². The number of aryl methyl sites for hydroxylation is 2. The molecular weight excluding hydrogens is 336 g/mol. The van der Waals surface area contributed by atoms with Crippen molar-refractivity contribution in [3.8, 4) is 0 Å². The zero-order chi connectivity index (χ0) is 18.1. The lowest BCUT2D eigenvalue weighted by Gasteiger charge is -2.27. The van der Waals surface area contributed by atoms with E-state index in [0.717, 1.165) is 23.3 Å². The first-order valence-electron chi connectivity index (χ1n) is 8.49. The van der Waals surface area contributed by atoms with E-state index in [1.807, 2.05) is 78.4 Å². The van der Waals surface area contributed by atoms with Gasteiger partial charge in [-0.25, -0.2) is 4.98 Å². The van der Waals surface area contributed by atoms with Gasteiger partial charge in [-0.3, -0.25) is 4.79 Å². The fourth-order valence-corrected chi connectivity index (χ4v) is 3.33. The molecule has 0 aliphatic rings. The standard InChI is InChI=1S/C19H23ClN4O/c1-5-23-17-9-8-14(11-16(17)21-19(23)20)18(25)24(13(2)3)12-15-7-6-10-22(15)4/h6-11,13H,5,12H2,1-4H3. The fourth-order valence-electron chi connectivity index (χ4n) is 3.02. The van der Waals surface area contributed by atoms with E-state index in [2.05, 4.69) is 4.98 Å². The Bertz CT molecular complexity index is 909. The van der Waals surface area contributed by atoms with Crippen LogP contribution in [0.3, 0.4) is 0 Å². The van der Waals surface area contributed by atoms with Crippen LogP contribution in [-0.4, -0.2) is 31.0 Å². The molecule has 0 unspecified atom stereocenters. The molecule has 6 heteroatoms. The van der Waals surface area contributed by atoms with Crippen LogP contribution in [0, 0.1) is 0 Å². The second-order valence-corrected chi connectivity index (χ2v) is 6.80. The minimum Gasteiger partial charge on any atom is -0.353 e. The Kier molecular flexibility index (Phi) is 4.86. The Labute approximate surface area is 152 Å². The molecule has 0 saturated heterocycles. The number of carbonyl (C=O) groups is 1. The number of aromatic nitrogens is 3. The van der Waals surface area contributed by atoms with Crippen LogP contribution in [0.15, 0.2) is 36.5 Å². The lowest BCUT2D eigenvalue weighted by atomic mass is 10.1. The summed E-state index contributed by atoms with van der Waals surface area (Å²) in [5, 5.41) is 0.451. The van der Waals surface area contributed by atoms with Gasteiger partial charge in [0.2, 0.25) is 5.28 Å². The third-order valence-corrected chi connectivity index (χ3v) is 4.82. The van der Waals surface area contributed by atoms with E-state index in [1.165, 1.54) is 0 Å². The summed E-state index contributed by atoms with van der Waals surface area (Å²) in [6.45, 7) is 7.40. The number of nitrogens with zero attached hydrogens (tertiary/aromatic N) is 4. The third kappa shape index (κ3) is 3.29. The van der Waals surface area contributed by atoms with Gasteiger partial charge in [-0.15, -0.1) is 0 Å². The summed E-state index contributed by atoms with van der Waals surface area (Å²) in [5.74, 6) is 0.000251. The summed E-state index contributed by atoms with van der Waals surface area (Å²) in [6, 6.07) is 9.73. The van der Waals surface area contributed by atoms with Gasteiger partial charge in [0.25, 0.3) is 5.91 Å². The number of amides is 1. The number of carbonyl (C=O) groups excluding carboxylic acids is 1. The lowest BCUT2D eigenvalue weighted by molar-refractivity contribution is 0.0686. The predicted octanol–water partition coefficient (Wildman–Crippen LogP) is 4.10. The van der Waals surface area contributed by atoms with E-state index in [-0.39, 0.29) is 11.9 Å². The van der Waals surface area contributed by atoms with E-state index < -0.39 is 0 Å². The molecule has 0 saturated carbocycles. The molecule has 132 valence electrons. The zero-order valence-electron chi connectivity index (χ0n) is 15.0. The number of hydrogen-bond donors (Lipinski definition) is 0. The predicted molar refractivity (Wildman–Crippen MR) is 101 cm³/mol. The molecule has 0 N–H and O–H groups in total.